The number of alkyl halides is 3. The van der Waals surface area contributed by atoms with Crippen LogP contribution in [0.4, 0.5) is 18.0 Å². The van der Waals surface area contributed by atoms with Crippen LogP contribution in [0.5, 0.6) is 0 Å². The zero-order valence-electron chi connectivity index (χ0n) is 16.8. The Morgan fingerprint density at radius 1 is 1.12 bits per heavy atom. The summed E-state index contributed by atoms with van der Waals surface area (Å²) in [5.41, 5.74) is 0.334. The number of urea groups is 1. The van der Waals surface area contributed by atoms with Gasteiger partial charge in [-0.05, 0) is 12.1 Å². The second-order valence-electron chi connectivity index (χ2n) is 7.16. The summed E-state index contributed by atoms with van der Waals surface area (Å²) in [6.45, 7) is 0.914. The van der Waals surface area contributed by atoms with Crippen molar-refractivity contribution in [3.63, 3.8) is 0 Å². The summed E-state index contributed by atoms with van der Waals surface area (Å²) >= 11 is 0. The quantitative estimate of drug-likeness (QED) is 0.521. The highest BCUT2D eigenvalue weighted by Gasteiger charge is 2.39. The Hall–Kier alpha value is -3.83. The Morgan fingerprint density at radius 3 is 2.62 bits per heavy atom. The van der Waals surface area contributed by atoms with Crippen LogP contribution in [0, 0.1) is 0 Å². The third-order valence-electron chi connectivity index (χ3n) is 5.00. The molecule has 3 aromatic rings. The van der Waals surface area contributed by atoms with E-state index in [0.717, 1.165) is 22.3 Å². The van der Waals surface area contributed by atoms with Gasteiger partial charge < -0.3 is 20.5 Å². The number of aromatic nitrogens is 4. The van der Waals surface area contributed by atoms with E-state index in [0.29, 0.717) is 25.2 Å². The minimum atomic E-state index is -4.79. The van der Waals surface area contributed by atoms with Gasteiger partial charge in [0.15, 0.2) is 5.69 Å². The first-order valence-corrected chi connectivity index (χ1v) is 9.87. The van der Waals surface area contributed by atoms with E-state index in [-0.39, 0.29) is 19.1 Å². The zero-order chi connectivity index (χ0) is 22.7. The highest BCUT2D eigenvalue weighted by atomic mass is 19.4. The number of H-pyrrole nitrogens is 1. The number of fused-ring (bicyclic) bond motifs is 1. The lowest BCUT2D eigenvalue weighted by atomic mass is 10.1. The first kappa shape index (κ1) is 21.4. The standard InChI is InChI=1S/C20H20F3N7O2/c21-20(22,23)17-14(10-30(28-17)13-4-2-1-3-5-13)18(31)24-7-8-25-19(32)29-9-6-15-16(11-29)27-12-26-15/h1-5,10,12H,6-9,11H2,(H,24,31)(H,25,32)(H,26,27). The molecule has 0 fully saturated rings. The van der Waals surface area contributed by atoms with E-state index in [1.165, 1.54) is 0 Å². The molecule has 0 aliphatic carbocycles. The predicted octanol–water partition coefficient (Wildman–Crippen LogP) is 2.11. The number of amides is 3. The van der Waals surface area contributed by atoms with Crippen molar-refractivity contribution in [3.8, 4) is 5.69 Å². The van der Waals surface area contributed by atoms with Crippen molar-refractivity contribution in [2.45, 2.75) is 19.1 Å². The van der Waals surface area contributed by atoms with Gasteiger partial charge in [-0.25, -0.2) is 14.5 Å². The van der Waals surface area contributed by atoms with Crippen molar-refractivity contribution in [3.05, 3.63) is 65.5 Å². The van der Waals surface area contributed by atoms with Crippen molar-refractivity contribution >= 4 is 11.9 Å². The lowest BCUT2D eigenvalue weighted by Gasteiger charge is -2.26. The topological polar surface area (TPSA) is 108 Å². The maximum absolute atomic E-state index is 13.4. The molecule has 0 saturated carbocycles. The molecule has 1 aliphatic heterocycles. The van der Waals surface area contributed by atoms with Gasteiger partial charge in [0, 0.05) is 32.3 Å². The van der Waals surface area contributed by atoms with E-state index in [1.807, 2.05) is 0 Å². The van der Waals surface area contributed by atoms with E-state index in [4.69, 9.17) is 0 Å². The number of carbonyl (C=O) groups is 2. The van der Waals surface area contributed by atoms with Crippen LogP contribution in [0.2, 0.25) is 0 Å². The summed E-state index contributed by atoms with van der Waals surface area (Å²) in [6, 6.07) is 7.86. The molecule has 0 saturated heterocycles. The number of nitrogens with one attached hydrogen (secondary N) is 3. The molecule has 0 unspecified atom stereocenters. The number of para-hydroxylation sites is 1. The Bertz CT molecular complexity index is 1110. The van der Waals surface area contributed by atoms with E-state index in [1.54, 1.807) is 41.6 Å². The van der Waals surface area contributed by atoms with Crippen LogP contribution in [-0.4, -0.2) is 56.2 Å². The molecule has 3 amide bonds. The maximum Gasteiger partial charge on any atom is 0.435 e. The number of aromatic amines is 1. The highest BCUT2D eigenvalue weighted by molar-refractivity contribution is 5.95. The molecular formula is C20H20F3N7O2. The Morgan fingerprint density at radius 2 is 1.88 bits per heavy atom. The van der Waals surface area contributed by atoms with Crippen molar-refractivity contribution < 1.29 is 22.8 Å². The second kappa shape index (κ2) is 8.73. The molecule has 0 spiro atoms. The number of rotatable bonds is 5. The van der Waals surface area contributed by atoms with E-state index in [2.05, 4.69) is 25.7 Å². The Balaban J connectivity index is 1.34. The first-order chi connectivity index (χ1) is 15.3. The molecule has 168 valence electrons. The number of hydrogen-bond donors (Lipinski definition) is 3. The average Bonchev–Trinajstić information content (AvgIpc) is 3.43. The number of nitrogens with zero attached hydrogens (tertiary/aromatic N) is 4. The minimum absolute atomic E-state index is 0.0401. The van der Waals surface area contributed by atoms with Crippen LogP contribution in [0.25, 0.3) is 5.69 Å². The van der Waals surface area contributed by atoms with Crippen molar-refractivity contribution in [2.75, 3.05) is 19.6 Å². The SMILES string of the molecule is O=C(NCCNC(=O)N1CCc2nc[nH]c2C1)c1cn(-c2ccccc2)nc1C(F)(F)F. The zero-order valence-corrected chi connectivity index (χ0v) is 16.8. The number of hydrogen-bond acceptors (Lipinski definition) is 4. The van der Waals surface area contributed by atoms with Gasteiger partial charge in [0.05, 0.1) is 35.5 Å². The summed E-state index contributed by atoms with van der Waals surface area (Å²) < 4.78 is 41.2. The molecule has 2 aromatic heterocycles. The number of benzene rings is 1. The van der Waals surface area contributed by atoms with E-state index in [9.17, 15) is 22.8 Å². The van der Waals surface area contributed by atoms with E-state index < -0.39 is 23.3 Å². The van der Waals surface area contributed by atoms with Gasteiger partial charge in [0.25, 0.3) is 5.91 Å². The lowest BCUT2D eigenvalue weighted by molar-refractivity contribution is -0.141. The molecule has 0 atom stereocenters. The molecule has 0 bridgehead atoms. The molecule has 3 N–H and O–H groups in total. The average molecular weight is 447 g/mol. The van der Waals surface area contributed by atoms with Gasteiger partial charge >= 0.3 is 12.2 Å². The van der Waals surface area contributed by atoms with Crippen LogP contribution in [-0.2, 0) is 19.1 Å². The number of halogens is 3. The van der Waals surface area contributed by atoms with Crippen LogP contribution < -0.4 is 10.6 Å². The highest BCUT2D eigenvalue weighted by Crippen LogP contribution is 2.31. The molecule has 1 aliphatic rings. The number of carbonyl (C=O) groups excluding carboxylic acids is 2. The number of imidazole rings is 1. The Labute approximate surface area is 180 Å². The second-order valence-corrected chi connectivity index (χ2v) is 7.16. The maximum atomic E-state index is 13.4. The molecule has 12 heteroatoms. The third kappa shape index (κ3) is 4.58. The van der Waals surface area contributed by atoms with E-state index >= 15 is 0 Å². The van der Waals surface area contributed by atoms with Crippen molar-refractivity contribution in [2.24, 2.45) is 0 Å². The molecule has 4 rings (SSSR count). The van der Waals surface area contributed by atoms with Crippen molar-refractivity contribution in [1.29, 1.82) is 0 Å². The lowest BCUT2D eigenvalue weighted by Crippen LogP contribution is -2.45. The van der Waals surface area contributed by atoms with Gasteiger partial charge in [-0.3, -0.25) is 4.79 Å². The largest absolute Gasteiger partial charge is 0.435 e. The fraction of sp³-hybridized carbons (Fsp3) is 0.300. The minimum Gasteiger partial charge on any atom is -0.350 e. The van der Waals surface area contributed by atoms with Gasteiger partial charge in [-0.2, -0.15) is 18.3 Å². The summed E-state index contributed by atoms with van der Waals surface area (Å²) in [6.07, 6.45) is -1.53. The van der Waals surface area contributed by atoms with Gasteiger partial charge in [-0.1, -0.05) is 18.2 Å². The fourth-order valence-corrected chi connectivity index (χ4v) is 3.40. The first-order valence-electron chi connectivity index (χ1n) is 9.87. The molecule has 32 heavy (non-hydrogen) atoms. The van der Waals surface area contributed by atoms with Crippen LogP contribution >= 0.6 is 0 Å². The molecule has 1 aromatic carbocycles. The normalized spacial score (nSPS) is 13.5. The van der Waals surface area contributed by atoms with Gasteiger partial charge in [-0.15, -0.1) is 0 Å². The van der Waals surface area contributed by atoms with Gasteiger partial charge in [0.2, 0.25) is 0 Å². The summed E-state index contributed by atoms with van der Waals surface area (Å²) in [5, 5.41) is 8.61. The third-order valence-corrected chi connectivity index (χ3v) is 5.00. The van der Waals surface area contributed by atoms with Gasteiger partial charge in [0.1, 0.15) is 0 Å². The van der Waals surface area contributed by atoms with Crippen molar-refractivity contribution in [1.82, 2.24) is 35.3 Å². The molecule has 3 heterocycles. The smallest absolute Gasteiger partial charge is 0.350 e. The molecular weight excluding hydrogens is 427 g/mol. The van der Waals surface area contributed by atoms with Crippen LogP contribution in [0.15, 0.2) is 42.9 Å². The summed E-state index contributed by atoms with van der Waals surface area (Å²) in [5.74, 6) is -0.922. The fourth-order valence-electron chi connectivity index (χ4n) is 3.40. The summed E-state index contributed by atoms with van der Waals surface area (Å²) in [7, 11) is 0. The molecule has 9 nitrogen and oxygen atoms in total. The molecule has 0 radical (unpaired) electrons. The Kier molecular flexibility index (Phi) is 5.84. The van der Waals surface area contributed by atoms with Crippen LogP contribution in [0.3, 0.4) is 0 Å². The van der Waals surface area contributed by atoms with Crippen LogP contribution in [0.1, 0.15) is 27.4 Å². The summed E-state index contributed by atoms with van der Waals surface area (Å²) in [4.78, 5) is 33.5. The monoisotopic (exact) mass is 447 g/mol. The predicted molar refractivity (Wildman–Crippen MR) is 107 cm³/mol.